The van der Waals surface area contributed by atoms with E-state index in [0.717, 1.165) is 16.2 Å². The average Bonchev–Trinajstić information content (AvgIpc) is 2.73. The van der Waals surface area contributed by atoms with Gasteiger partial charge >= 0.3 is 0 Å². The summed E-state index contributed by atoms with van der Waals surface area (Å²) in [5.41, 5.74) is 6.55. The molecule has 0 unspecified atom stereocenters. The van der Waals surface area contributed by atoms with Crippen molar-refractivity contribution in [2.24, 2.45) is 0 Å². The Bertz CT molecular complexity index is 580. The topological polar surface area (TPSA) is 82.3 Å². The SMILES string of the molecule is Cc1occc1SCc1ccc(N)c([N+](=O)[O-])c1. The predicted octanol–water partition coefficient (Wildman–Crippen LogP) is 3.37. The summed E-state index contributed by atoms with van der Waals surface area (Å²) in [6, 6.07) is 6.75. The first-order valence-corrected chi connectivity index (χ1v) is 6.26. The lowest BCUT2D eigenvalue weighted by molar-refractivity contribution is -0.383. The number of aryl methyl sites for hydroxylation is 1. The number of anilines is 1. The van der Waals surface area contributed by atoms with Crippen LogP contribution in [-0.2, 0) is 5.75 Å². The maximum atomic E-state index is 10.8. The number of nitrogens with two attached hydrogens (primary N) is 1. The third-order valence-electron chi connectivity index (χ3n) is 2.50. The molecule has 94 valence electrons. The van der Waals surface area contributed by atoms with Gasteiger partial charge in [-0.05, 0) is 24.6 Å². The van der Waals surface area contributed by atoms with Crippen molar-refractivity contribution in [3.05, 3.63) is 52.0 Å². The van der Waals surface area contributed by atoms with E-state index in [1.807, 2.05) is 13.0 Å². The van der Waals surface area contributed by atoms with Gasteiger partial charge in [0.25, 0.3) is 5.69 Å². The summed E-state index contributed by atoms with van der Waals surface area (Å²) in [6.07, 6.45) is 1.63. The number of nitro benzene ring substituents is 1. The molecular formula is C12H12N2O3S. The standard InChI is InChI=1S/C12H12N2O3S/c1-8-12(4-5-17-8)18-7-9-2-3-10(13)11(6-9)14(15)16/h2-6H,7,13H2,1H3. The molecule has 0 aliphatic rings. The van der Waals surface area contributed by atoms with Gasteiger partial charge in [-0.3, -0.25) is 10.1 Å². The first-order valence-electron chi connectivity index (χ1n) is 5.27. The van der Waals surface area contributed by atoms with Gasteiger partial charge in [-0.15, -0.1) is 11.8 Å². The number of hydrogen-bond acceptors (Lipinski definition) is 5. The molecule has 1 aromatic carbocycles. The third-order valence-corrected chi connectivity index (χ3v) is 3.71. The van der Waals surface area contributed by atoms with Crippen LogP contribution < -0.4 is 5.73 Å². The summed E-state index contributed by atoms with van der Waals surface area (Å²) in [5.74, 6) is 1.49. The van der Waals surface area contributed by atoms with E-state index in [2.05, 4.69) is 0 Å². The number of hydrogen-bond donors (Lipinski definition) is 1. The molecule has 0 fully saturated rings. The molecule has 2 aromatic rings. The van der Waals surface area contributed by atoms with E-state index in [1.165, 1.54) is 6.07 Å². The number of nitro groups is 1. The maximum Gasteiger partial charge on any atom is 0.292 e. The molecule has 0 bridgehead atoms. The number of benzene rings is 1. The molecule has 0 amide bonds. The van der Waals surface area contributed by atoms with Crippen LogP contribution in [0, 0.1) is 17.0 Å². The smallest absolute Gasteiger partial charge is 0.292 e. The minimum Gasteiger partial charge on any atom is -0.468 e. The van der Waals surface area contributed by atoms with Gasteiger partial charge in [-0.25, -0.2) is 0 Å². The number of rotatable bonds is 4. The van der Waals surface area contributed by atoms with Crippen LogP contribution in [0.25, 0.3) is 0 Å². The fourth-order valence-electron chi connectivity index (χ4n) is 1.52. The van der Waals surface area contributed by atoms with Gasteiger partial charge < -0.3 is 10.2 Å². The molecule has 0 saturated carbocycles. The van der Waals surface area contributed by atoms with Gasteiger partial charge in [0.15, 0.2) is 0 Å². The Hall–Kier alpha value is -1.95. The Balaban J connectivity index is 2.13. The Morgan fingerprint density at radius 1 is 1.44 bits per heavy atom. The van der Waals surface area contributed by atoms with Crippen molar-refractivity contribution >= 4 is 23.1 Å². The van der Waals surface area contributed by atoms with Crippen LogP contribution in [-0.4, -0.2) is 4.92 Å². The van der Waals surface area contributed by atoms with Crippen LogP contribution in [0.3, 0.4) is 0 Å². The highest BCUT2D eigenvalue weighted by Crippen LogP contribution is 2.29. The predicted molar refractivity (Wildman–Crippen MR) is 70.5 cm³/mol. The zero-order chi connectivity index (χ0) is 13.1. The molecule has 2 N–H and O–H groups in total. The van der Waals surface area contributed by atoms with Crippen molar-refractivity contribution < 1.29 is 9.34 Å². The third kappa shape index (κ3) is 2.65. The fourth-order valence-corrected chi connectivity index (χ4v) is 2.43. The molecule has 0 aliphatic carbocycles. The van der Waals surface area contributed by atoms with Crippen molar-refractivity contribution in [2.45, 2.75) is 17.6 Å². The molecule has 2 rings (SSSR count). The molecule has 0 radical (unpaired) electrons. The van der Waals surface area contributed by atoms with Gasteiger partial charge in [-0.1, -0.05) is 6.07 Å². The molecule has 0 aliphatic heterocycles. The molecule has 0 saturated heterocycles. The van der Waals surface area contributed by atoms with Gasteiger partial charge in [0.2, 0.25) is 0 Å². The van der Waals surface area contributed by atoms with Gasteiger partial charge in [-0.2, -0.15) is 0 Å². The minimum absolute atomic E-state index is 0.0444. The quantitative estimate of drug-likeness (QED) is 0.396. The van der Waals surface area contributed by atoms with E-state index in [9.17, 15) is 10.1 Å². The van der Waals surface area contributed by atoms with Crippen LogP contribution in [0.4, 0.5) is 11.4 Å². The first-order chi connectivity index (χ1) is 8.58. The van der Waals surface area contributed by atoms with Gasteiger partial charge in [0.05, 0.1) is 11.2 Å². The fraction of sp³-hybridized carbons (Fsp3) is 0.167. The first kappa shape index (κ1) is 12.5. The molecule has 0 atom stereocenters. The minimum atomic E-state index is -0.466. The van der Waals surface area contributed by atoms with Crippen molar-refractivity contribution in [1.82, 2.24) is 0 Å². The highest BCUT2D eigenvalue weighted by atomic mass is 32.2. The highest BCUT2D eigenvalue weighted by Gasteiger charge is 2.12. The molecule has 5 nitrogen and oxygen atoms in total. The Labute approximate surface area is 108 Å². The maximum absolute atomic E-state index is 10.8. The Kier molecular flexibility index (Phi) is 3.57. The zero-order valence-corrected chi connectivity index (χ0v) is 10.6. The van der Waals surface area contributed by atoms with Crippen molar-refractivity contribution in [2.75, 3.05) is 5.73 Å². The lowest BCUT2D eigenvalue weighted by Gasteiger charge is -2.02. The number of furan rings is 1. The van der Waals surface area contributed by atoms with Crippen LogP contribution >= 0.6 is 11.8 Å². The highest BCUT2D eigenvalue weighted by molar-refractivity contribution is 7.98. The molecule has 6 heteroatoms. The van der Waals surface area contributed by atoms with Crippen LogP contribution in [0.15, 0.2) is 39.8 Å². The molecule has 0 spiro atoms. The summed E-state index contributed by atoms with van der Waals surface area (Å²) in [7, 11) is 0. The summed E-state index contributed by atoms with van der Waals surface area (Å²) >= 11 is 1.58. The van der Waals surface area contributed by atoms with Crippen LogP contribution in [0.2, 0.25) is 0 Å². The Morgan fingerprint density at radius 3 is 2.83 bits per heavy atom. The Morgan fingerprint density at radius 2 is 2.22 bits per heavy atom. The second-order valence-corrected chi connectivity index (χ2v) is 4.80. The van der Waals surface area contributed by atoms with E-state index >= 15 is 0 Å². The van der Waals surface area contributed by atoms with Crippen LogP contribution in [0.1, 0.15) is 11.3 Å². The summed E-state index contributed by atoms with van der Waals surface area (Å²) in [6.45, 7) is 1.88. The molecule has 18 heavy (non-hydrogen) atoms. The van der Waals surface area contributed by atoms with Crippen LogP contribution in [0.5, 0.6) is 0 Å². The lowest BCUT2D eigenvalue weighted by Crippen LogP contribution is -1.96. The summed E-state index contributed by atoms with van der Waals surface area (Å²) in [4.78, 5) is 11.3. The summed E-state index contributed by atoms with van der Waals surface area (Å²) < 4.78 is 5.18. The normalized spacial score (nSPS) is 10.5. The van der Waals surface area contributed by atoms with E-state index in [0.29, 0.717) is 5.75 Å². The van der Waals surface area contributed by atoms with Gasteiger partial charge in [0, 0.05) is 16.7 Å². The van der Waals surface area contributed by atoms with E-state index in [1.54, 1.807) is 30.2 Å². The monoisotopic (exact) mass is 264 g/mol. The largest absolute Gasteiger partial charge is 0.468 e. The lowest BCUT2D eigenvalue weighted by atomic mass is 10.2. The van der Waals surface area contributed by atoms with Crippen molar-refractivity contribution in [3.63, 3.8) is 0 Å². The van der Waals surface area contributed by atoms with E-state index in [4.69, 9.17) is 10.2 Å². The second kappa shape index (κ2) is 5.14. The number of nitrogens with zero attached hydrogens (tertiary/aromatic N) is 1. The van der Waals surface area contributed by atoms with E-state index in [-0.39, 0.29) is 11.4 Å². The van der Waals surface area contributed by atoms with Gasteiger partial charge in [0.1, 0.15) is 11.4 Å². The molecule has 1 aromatic heterocycles. The number of thioether (sulfide) groups is 1. The van der Waals surface area contributed by atoms with Crippen molar-refractivity contribution in [1.29, 1.82) is 0 Å². The van der Waals surface area contributed by atoms with E-state index < -0.39 is 4.92 Å². The molecular weight excluding hydrogens is 252 g/mol. The zero-order valence-electron chi connectivity index (χ0n) is 9.75. The number of nitrogen functional groups attached to an aromatic ring is 1. The average molecular weight is 264 g/mol. The molecule has 1 heterocycles. The van der Waals surface area contributed by atoms with Crippen molar-refractivity contribution in [3.8, 4) is 0 Å². The summed E-state index contributed by atoms with van der Waals surface area (Å²) in [5, 5.41) is 10.8. The second-order valence-electron chi connectivity index (χ2n) is 3.78.